The normalized spacial score (nSPS) is 11.5. The van der Waals surface area contributed by atoms with Crippen molar-refractivity contribution in [3.63, 3.8) is 0 Å². The molecule has 0 amide bonds. The number of fused-ring (bicyclic) bond motifs is 2. The minimum atomic E-state index is 0.438. The van der Waals surface area contributed by atoms with Crippen molar-refractivity contribution in [3.05, 3.63) is 60.9 Å². The lowest BCUT2D eigenvalue weighted by atomic mass is 10.3. The third-order valence-electron chi connectivity index (χ3n) is 3.64. The van der Waals surface area contributed by atoms with Gasteiger partial charge in [-0.1, -0.05) is 24.3 Å². The van der Waals surface area contributed by atoms with E-state index in [4.69, 9.17) is 13.3 Å². The maximum absolute atomic E-state index is 5.74. The van der Waals surface area contributed by atoms with Crippen molar-refractivity contribution in [2.75, 3.05) is 0 Å². The van der Waals surface area contributed by atoms with E-state index < -0.39 is 0 Å². The number of para-hydroxylation sites is 4. The Morgan fingerprint density at radius 3 is 2.00 bits per heavy atom. The molecule has 0 aliphatic rings. The van der Waals surface area contributed by atoms with Gasteiger partial charge in [0.1, 0.15) is 17.3 Å². The van der Waals surface area contributed by atoms with Crippen LogP contribution in [0.2, 0.25) is 0 Å². The molecule has 0 radical (unpaired) electrons. The van der Waals surface area contributed by atoms with Gasteiger partial charge < -0.3 is 13.3 Å². The van der Waals surface area contributed by atoms with Crippen molar-refractivity contribution in [3.8, 4) is 23.1 Å². The fourth-order valence-corrected chi connectivity index (χ4v) is 2.53. The number of furan rings is 1. The molecule has 3 aromatic heterocycles. The van der Waals surface area contributed by atoms with Gasteiger partial charge in [0.2, 0.25) is 5.89 Å². The fraction of sp³-hybridized carbons (Fsp3) is 0. The number of oxazole rings is 2. The Morgan fingerprint density at radius 1 is 0.696 bits per heavy atom. The first-order valence-electron chi connectivity index (χ1n) is 7.17. The second-order valence-electron chi connectivity index (χ2n) is 5.17. The second-order valence-corrected chi connectivity index (χ2v) is 5.17. The summed E-state index contributed by atoms with van der Waals surface area (Å²) in [5, 5.41) is 0. The third kappa shape index (κ3) is 1.94. The summed E-state index contributed by atoms with van der Waals surface area (Å²) in [4.78, 5) is 8.88. The predicted molar refractivity (Wildman–Crippen MR) is 84.7 cm³/mol. The molecular weight excluding hydrogens is 292 g/mol. The highest BCUT2D eigenvalue weighted by Gasteiger charge is 2.16. The van der Waals surface area contributed by atoms with E-state index in [1.807, 2.05) is 54.6 Å². The van der Waals surface area contributed by atoms with Crippen LogP contribution in [0.25, 0.3) is 45.3 Å². The van der Waals surface area contributed by atoms with Gasteiger partial charge in [-0.2, -0.15) is 0 Å². The van der Waals surface area contributed by atoms with E-state index >= 15 is 0 Å². The smallest absolute Gasteiger partial charge is 0.263 e. The van der Waals surface area contributed by atoms with E-state index in [1.165, 1.54) is 0 Å². The topological polar surface area (TPSA) is 65.2 Å². The van der Waals surface area contributed by atoms with E-state index in [1.54, 1.807) is 6.26 Å². The number of benzene rings is 2. The van der Waals surface area contributed by atoms with Gasteiger partial charge in [-0.3, -0.25) is 0 Å². The van der Waals surface area contributed by atoms with Gasteiger partial charge in [0.05, 0.1) is 5.56 Å². The lowest BCUT2D eigenvalue weighted by Crippen LogP contribution is -1.73. The maximum atomic E-state index is 5.74. The van der Waals surface area contributed by atoms with Crippen LogP contribution >= 0.6 is 0 Å². The summed E-state index contributed by atoms with van der Waals surface area (Å²) >= 11 is 0. The van der Waals surface area contributed by atoms with Crippen LogP contribution in [-0.4, -0.2) is 9.97 Å². The zero-order chi connectivity index (χ0) is 15.2. The number of nitrogens with zero attached hydrogens (tertiary/aromatic N) is 2. The van der Waals surface area contributed by atoms with Crippen molar-refractivity contribution in [1.82, 2.24) is 9.97 Å². The quantitative estimate of drug-likeness (QED) is 0.464. The number of hydrogen-bond donors (Lipinski definition) is 0. The molecule has 0 atom stereocenters. The van der Waals surface area contributed by atoms with Crippen molar-refractivity contribution in [2.45, 2.75) is 0 Å². The van der Waals surface area contributed by atoms with E-state index in [-0.39, 0.29) is 0 Å². The minimum absolute atomic E-state index is 0.438. The summed E-state index contributed by atoms with van der Waals surface area (Å²) in [6, 6.07) is 17.0. The molecule has 0 unspecified atom stereocenters. The zero-order valence-corrected chi connectivity index (χ0v) is 11.9. The van der Waals surface area contributed by atoms with Crippen LogP contribution in [0.4, 0.5) is 0 Å². The Bertz CT molecular complexity index is 979. The highest BCUT2D eigenvalue weighted by Crippen LogP contribution is 2.31. The van der Waals surface area contributed by atoms with Crippen molar-refractivity contribution in [2.24, 2.45) is 0 Å². The molecule has 0 aliphatic carbocycles. The predicted octanol–water partition coefficient (Wildman–Crippen LogP) is 4.90. The summed E-state index contributed by atoms with van der Waals surface area (Å²) in [6.45, 7) is 0. The number of hydrogen-bond acceptors (Lipinski definition) is 5. The monoisotopic (exact) mass is 302 g/mol. The molecule has 5 nitrogen and oxygen atoms in total. The van der Waals surface area contributed by atoms with Crippen LogP contribution in [0, 0.1) is 0 Å². The molecule has 5 heteroatoms. The Balaban J connectivity index is 1.59. The standard InChI is InChI=1S/C18H10N2O3/c1-3-7-14-12(5-1)19-17(22-14)11-9-16(21-10-11)18-20-13-6-2-4-8-15(13)23-18/h1-10H. The molecule has 0 N–H and O–H groups in total. The van der Waals surface area contributed by atoms with Crippen molar-refractivity contribution < 1.29 is 13.3 Å². The molecule has 5 rings (SSSR count). The Labute approximate surface area is 130 Å². The number of rotatable bonds is 2. The molecule has 3 heterocycles. The molecule has 0 saturated heterocycles. The van der Waals surface area contributed by atoms with Gasteiger partial charge in [-0.15, -0.1) is 0 Å². The van der Waals surface area contributed by atoms with E-state index in [0.29, 0.717) is 17.5 Å². The fourth-order valence-electron chi connectivity index (χ4n) is 2.53. The first kappa shape index (κ1) is 12.2. The van der Waals surface area contributed by atoms with Crippen LogP contribution < -0.4 is 0 Å². The average molecular weight is 302 g/mol. The maximum Gasteiger partial charge on any atom is 0.263 e. The largest absolute Gasteiger partial charge is 0.458 e. The summed E-state index contributed by atoms with van der Waals surface area (Å²) in [5.74, 6) is 1.49. The highest BCUT2D eigenvalue weighted by molar-refractivity contribution is 5.78. The van der Waals surface area contributed by atoms with E-state index in [9.17, 15) is 0 Å². The molecule has 0 fully saturated rings. The van der Waals surface area contributed by atoms with Gasteiger partial charge in [0.15, 0.2) is 16.9 Å². The molecule has 2 aromatic carbocycles. The van der Waals surface area contributed by atoms with Gasteiger partial charge >= 0.3 is 0 Å². The zero-order valence-electron chi connectivity index (χ0n) is 11.9. The van der Waals surface area contributed by atoms with Crippen molar-refractivity contribution in [1.29, 1.82) is 0 Å². The summed E-state index contributed by atoms with van der Waals surface area (Å²) < 4.78 is 17.0. The molecule has 5 aromatic rings. The second kappa shape index (κ2) is 4.58. The molecule has 0 saturated carbocycles. The Kier molecular flexibility index (Phi) is 2.43. The molecular formula is C18H10N2O3. The third-order valence-corrected chi connectivity index (χ3v) is 3.64. The highest BCUT2D eigenvalue weighted by atomic mass is 16.4. The molecule has 110 valence electrons. The Morgan fingerprint density at radius 2 is 1.30 bits per heavy atom. The molecule has 0 spiro atoms. The van der Waals surface area contributed by atoms with Crippen molar-refractivity contribution >= 4 is 22.2 Å². The van der Waals surface area contributed by atoms with Gasteiger partial charge in [-0.05, 0) is 24.3 Å². The Hall–Kier alpha value is -3.34. The summed E-state index contributed by atoms with van der Waals surface area (Å²) in [5.41, 5.74) is 3.82. The average Bonchev–Trinajstić information content (AvgIpc) is 3.30. The lowest BCUT2D eigenvalue weighted by molar-refractivity contribution is 0.534. The van der Waals surface area contributed by atoms with Gasteiger partial charge in [0, 0.05) is 6.07 Å². The SMILES string of the molecule is c1ccc2oc(-c3coc(-c4nc5ccccc5o4)c3)nc2c1. The first-order chi connectivity index (χ1) is 11.4. The lowest BCUT2D eigenvalue weighted by Gasteiger charge is -1.85. The molecule has 23 heavy (non-hydrogen) atoms. The van der Waals surface area contributed by atoms with Crippen LogP contribution in [-0.2, 0) is 0 Å². The van der Waals surface area contributed by atoms with E-state index in [0.717, 1.165) is 27.8 Å². The number of aromatic nitrogens is 2. The van der Waals surface area contributed by atoms with E-state index in [2.05, 4.69) is 9.97 Å². The van der Waals surface area contributed by atoms with Gasteiger partial charge in [0.25, 0.3) is 5.89 Å². The minimum Gasteiger partial charge on any atom is -0.458 e. The van der Waals surface area contributed by atoms with Crippen LogP contribution in [0.3, 0.4) is 0 Å². The molecule has 0 aliphatic heterocycles. The summed E-state index contributed by atoms with van der Waals surface area (Å²) in [6.07, 6.45) is 1.59. The van der Waals surface area contributed by atoms with Crippen LogP contribution in [0.5, 0.6) is 0 Å². The molecule has 0 bridgehead atoms. The van der Waals surface area contributed by atoms with Gasteiger partial charge in [-0.25, -0.2) is 9.97 Å². The summed E-state index contributed by atoms with van der Waals surface area (Å²) in [7, 11) is 0. The first-order valence-corrected chi connectivity index (χ1v) is 7.17. The van der Waals surface area contributed by atoms with Crippen LogP contribution in [0.1, 0.15) is 0 Å². The van der Waals surface area contributed by atoms with Crippen LogP contribution in [0.15, 0.2) is 74.1 Å².